The topological polar surface area (TPSA) is 128 Å². The number of fused-ring (bicyclic) bond motifs is 4. The van der Waals surface area contributed by atoms with Crippen molar-refractivity contribution in [1.82, 2.24) is 10.3 Å². The second-order valence-electron chi connectivity index (χ2n) is 9.52. The quantitative estimate of drug-likeness (QED) is 0.437. The van der Waals surface area contributed by atoms with Gasteiger partial charge in [-0.1, -0.05) is 6.07 Å². The summed E-state index contributed by atoms with van der Waals surface area (Å²) in [4.78, 5) is 29.6. The maximum atomic E-state index is 12.9. The van der Waals surface area contributed by atoms with Crippen LogP contribution in [0.3, 0.4) is 0 Å². The van der Waals surface area contributed by atoms with Gasteiger partial charge in [-0.2, -0.15) is 0 Å². The lowest BCUT2D eigenvalue weighted by molar-refractivity contribution is -0.142. The van der Waals surface area contributed by atoms with Crippen LogP contribution in [0.5, 0.6) is 17.2 Å². The second-order valence-corrected chi connectivity index (χ2v) is 9.52. The molecule has 1 aromatic heterocycles. The minimum Gasteiger partial charge on any atom is -0.487 e. The summed E-state index contributed by atoms with van der Waals surface area (Å²) in [5.41, 5.74) is 2.90. The minimum atomic E-state index is -0.566. The molecule has 10 nitrogen and oxygen atoms in total. The smallest absolute Gasteiger partial charge is 0.255 e. The number of aromatic nitrogens is 1. The van der Waals surface area contributed by atoms with E-state index in [9.17, 15) is 14.7 Å². The van der Waals surface area contributed by atoms with Gasteiger partial charge in [0, 0.05) is 41.7 Å². The van der Waals surface area contributed by atoms with E-state index in [0.29, 0.717) is 41.5 Å². The molecule has 3 N–H and O–H groups in total. The number of anilines is 1. The highest BCUT2D eigenvalue weighted by Crippen LogP contribution is 2.47. The molecule has 3 aliphatic heterocycles. The number of nitrogens with one attached hydrogen (secondary N) is 2. The van der Waals surface area contributed by atoms with Gasteiger partial charge in [0.25, 0.3) is 5.91 Å². The van der Waals surface area contributed by atoms with Crippen molar-refractivity contribution in [3.05, 3.63) is 77.6 Å². The number of aliphatic hydroxyl groups excluding tert-OH is 1. The van der Waals surface area contributed by atoms with Crippen LogP contribution in [0.15, 0.2) is 60.9 Å². The Bertz CT molecular complexity index is 1350. The average Bonchev–Trinajstić information content (AvgIpc) is 3.56. The van der Waals surface area contributed by atoms with Crippen LogP contribution in [0, 0.1) is 0 Å². The first-order chi connectivity index (χ1) is 18.6. The van der Waals surface area contributed by atoms with Gasteiger partial charge in [-0.15, -0.1) is 0 Å². The Kier molecular flexibility index (Phi) is 6.57. The summed E-state index contributed by atoms with van der Waals surface area (Å²) in [6.45, 7) is 0.295. The van der Waals surface area contributed by atoms with Gasteiger partial charge in [0.2, 0.25) is 12.7 Å². The first-order valence-electron chi connectivity index (χ1n) is 12.5. The molecule has 0 aliphatic carbocycles. The summed E-state index contributed by atoms with van der Waals surface area (Å²) in [6.07, 6.45) is 2.78. The Morgan fingerprint density at radius 2 is 1.92 bits per heavy atom. The van der Waals surface area contributed by atoms with E-state index in [0.717, 1.165) is 11.1 Å². The number of benzene rings is 2. The van der Waals surface area contributed by atoms with Crippen molar-refractivity contribution in [3.8, 4) is 17.2 Å². The molecule has 3 aromatic rings. The lowest BCUT2D eigenvalue weighted by atomic mass is 9.84. The van der Waals surface area contributed by atoms with Gasteiger partial charge < -0.3 is 34.7 Å². The van der Waals surface area contributed by atoms with Crippen LogP contribution < -0.4 is 24.8 Å². The van der Waals surface area contributed by atoms with Crippen molar-refractivity contribution in [2.75, 3.05) is 18.7 Å². The molecule has 3 aliphatic rings. The predicted octanol–water partition coefficient (Wildman–Crippen LogP) is 2.76. The van der Waals surface area contributed by atoms with Crippen molar-refractivity contribution in [2.24, 2.45) is 0 Å². The molecule has 2 amide bonds. The fourth-order valence-corrected chi connectivity index (χ4v) is 5.19. The molecular weight excluding hydrogens is 490 g/mol. The maximum absolute atomic E-state index is 12.9. The number of rotatable bonds is 7. The SMILES string of the molecule is O=C(C[C@@H]1C[C@@H]2c3cc(NC(=O)c4ccc5c(c4)OCO5)ccc3O[C@@H]2[C@@H](CO)O1)NCc1cccnc1. The third-order valence-electron chi connectivity index (χ3n) is 7.02. The van der Waals surface area contributed by atoms with E-state index < -0.39 is 6.10 Å². The van der Waals surface area contributed by atoms with Crippen molar-refractivity contribution in [1.29, 1.82) is 0 Å². The van der Waals surface area contributed by atoms with Crippen molar-refractivity contribution >= 4 is 17.5 Å². The summed E-state index contributed by atoms with van der Waals surface area (Å²) in [7, 11) is 0. The first-order valence-corrected chi connectivity index (χ1v) is 12.5. The normalized spacial score (nSPS) is 22.7. The van der Waals surface area contributed by atoms with E-state index in [-0.39, 0.29) is 49.8 Å². The third-order valence-corrected chi connectivity index (χ3v) is 7.02. The lowest BCUT2D eigenvalue weighted by Crippen LogP contribution is -2.47. The Labute approximate surface area is 218 Å². The van der Waals surface area contributed by atoms with Gasteiger partial charge >= 0.3 is 0 Å². The standard InChI is InChI=1S/C28H27N3O7/c32-14-25-27-21(10-19(37-25)11-26(33)30-13-16-2-1-7-29-12-16)20-9-18(4-6-22(20)38-27)31-28(34)17-3-5-23-24(8-17)36-15-35-23/h1-9,12,19,21,25,27,32H,10-11,13-15H2,(H,30,33)(H,31,34)/t19-,21+,25+,27-/m0/s1. The number of hydrogen-bond acceptors (Lipinski definition) is 8. The van der Waals surface area contributed by atoms with Gasteiger partial charge in [0.15, 0.2) is 11.5 Å². The molecule has 0 spiro atoms. The summed E-state index contributed by atoms with van der Waals surface area (Å²) in [6, 6.07) is 14.2. The molecule has 1 saturated heterocycles. The zero-order chi connectivity index (χ0) is 26.1. The summed E-state index contributed by atoms with van der Waals surface area (Å²) >= 11 is 0. The molecule has 0 unspecified atom stereocenters. The molecule has 1 fully saturated rings. The zero-order valence-electron chi connectivity index (χ0n) is 20.5. The average molecular weight is 518 g/mol. The maximum Gasteiger partial charge on any atom is 0.255 e. The van der Waals surface area contributed by atoms with Gasteiger partial charge in [0.05, 0.1) is 19.1 Å². The number of nitrogens with zero attached hydrogens (tertiary/aromatic N) is 1. The molecule has 6 rings (SSSR count). The molecule has 196 valence electrons. The van der Waals surface area contributed by atoms with Crippen LogP contribution in [-0.4, -0.2) is 53.6 Å². The predicted molar refractivity (Wildman–Crippen MR) is 135 cm³/mol. The van der Waals surface area contributed by atoms with Crippen LogP contribution in [0.1, 0.15) is 40.2 Å². The molecule has 0 saturated carbocycles. The highest BCUT2D eigenvalue weighted by atomic mass is 16.7. The Morgan fingerprint density at radius 1 is 1.05 bits per heavy atom. The monoisotopic (exact) mass is 517 g/mol. The van der Waals surface area contributed by atoms with Crippen LogP contribution in [0.2, 0.25) is 0 Å². The molecule has 10 heteroatoms. The largest absolute Gasteiger partial charge is 0.487 e. The fourth-order valence-electron chi connectivity index (χ4n) is 5.19. The Hall–Kier alpha value is -4.15. The van der Waals surface area contributed by atoms with Gasteiger partial charge in [-0.05, 0) is 54.4 Å². The number of aliphatic hydroxyl groups is 1. The molecule has 4 atom stereocenters. The fraction of sp³-hybridized carbons (Fsp3) is 0.321. The van der Waals surface area contributed by atoms with Crippen LogP contribution >= 0.6 is 0 Å². The van der Waals surface area contributed by atoms with E-state index in [2.05, 4.69) is 15.6 Å². The zero-order valence-corrected chi connectivity index (χ0v) is 20.5. The van der Waals surface area contributed by atoms with Crippen molar-refractivity contribution in [2.45, 2.75) is 43.6 Å². The molecule has 38 heavy (non-hydrogen) atoms. The number of amides is 2. The number of ether oxygens (including phenoxy) is 4. The first kappa shape index (κ1) is 24.2. The van der Waals surface area contributed by atoms with E-state index in [4.69, 9.17) is 18.9 Å². The molecular formula is C28H27N3O7. The molecule has 2 aromatic carbocycles. The lowest BCUT2D eigenvalue weighted by Gasteiger charge is -2.37. The van der Waals surface area contributed by atoms with Crippen LogP contribution in [0.4, 0.5) is 5.69 Å². The highest BCUT2D eigenvalue weighted by Gasteiger charge is 2.46. The highest BCUT2D eigenvalue weighted by molar-refractivity contribution is 6.04. The van der Waals surface area contributed by atoms with Gasteiger partial charge in [0.1, 0.15) is 18.0 Å². The van der Waals surface area contributed by atoms with Crippen LogP contribution in [0.25, 0.3) is 0 Å². The van der Waals surface area contributed by atoms with Gasteiger partial charge in [-0.25, -0.2) is 0 Å². The number of pyridine rings is 1. The Balaban J connectivity index is 1.13. The summed E-state index contributed by atoms with van der Waals surface area (Å²) in [5, 5.41) is 15.8. The summed E-state index contributed by atoms with van der Waals surface area (Å²) in [5.74, 6) is 1.33. The molecule has 0 radical (unpaired) electrons. The number of carbonyl (C=O) groups is 2. The molecule has 4 heterocycles. The van der Waals surface area contributed by atoms with E-state index in [1.807, 2.05) is 24.3 Å². The number of carbonyl (C=O) groups excluding carboxylic acids is 2. The van der Waals surface area contributed by atoms with Crippen LogP contribution in [-0.2, 0) is 16.1 Å². The van der Waals surface area contributed by atoms with E-state index >= 15 is 0 Å². The minimum absolute atomic E-state index is 0.0885. The summed E-state index contributed by atoms with van der Waals surface area (Å²) < 4.78 is 22.9. The second kappa shape index (κ2) is 10.3. The third kappa shape index (κ3) is 4.88. The Morgan fingerprint density at radius 3 is 2.76 bits per heavy atom. The molecule has 0 bridgehead atoms. The van der Waals surface area contributed by atoms with E-state index in [1.165, 1.54) is 0 Å². The van der Waals surface area contributed by atoms with Crippen molar-refractivity contribution < 1.29 is 33.6 Å². The van der Waals surface area contributed by atoms with Crippen molar-refractivity contribution in [3.63, 3.8) is 0 Å². The van der Waals surface area contributed by atoms with E-state index in [1.54, 1.807) is 36.7 Å². The van der Waals surface area contributed by atoms with Gasteiger partial charge in [-0.3, -0.25) is 14.6 Å². The number of hydrogen-bond donors (Lipinski definition) is 3.